The smallest absolute Gasteiger partial charge is 0.115 e. The van der Waals surface area contributed by atoms with Crippen LogP contribution in [-0.4, -0.2) is 11.1 Å². The van der Waals surface area contributed by atoms with Gasteiger partial charge in [-0.05, 0) is 49.9 Å². The van der Waals surface area contributed by atoms with Crippen LogP contribution in [0.15, 0.2) is 54.6 Å². The molecule has 0 aliphatic heterocycles. The molecule has 2 aromatic rings. The van der Waals surface area contributed by atoms with E-state index in [0.717, 1.165) is 12.8 Å². The van der Waals surface area contributed by atoms with E-state index in [1.165, 1.54) is 11.1 Å². The van der Waals surface area contributed by atoms with E-state index in [9.17, 15) is 5.11 Å². The highest BCUT2D eigenvalue weighted by molar-refractivity contribution is 5.26. The Morgan fingerprint density at radius 2 is 1.60 bits per heavy atom. The van der Waals surface area contributed by atoms with E-state index in [4.69, 9.17) is 0 Å². The minimum absolute atomic E-state index is 0.331. The number of benzene rings is 2. The summed E-state index contributed by atoms with van der Waals surface area (Å²) in [5.41, 5.74) is 2.59. The van der Waals surface area contributed by atoms with Crippen LogP contribution >= 0.6 is 0 Å². The van der Waals surface area contributed by atoms with Gasteiger partial charge >= 0.3 is 0 Å². The third kappa shape index (κ3) is 4.39. The molecule has 0 aromatic heterocycles. The molecule has 0 fully saturated rings. The number of hydrogen-bond acceptors (Lipinski definition) is 2. The Labute approximate surface area is 121 Å². The summed E-state index contributed by atoms with van der Waals surface area (Å²) in [5.74, 6) is 0.331. The second-order valence-corrected chi connectivity index (χ2v) is 5.41. The highest BCUT2D eigenvalue weighted by atomic mass is 16.3. The Balaban J connectivity index is 1.80. The zero-order valence-corrected chi connectivity index (χ0v) is 12.2. The molecule has 0 amide bonds. The minimum Gasteiger partial charge on any atom is -0.508 e. The molecule has 0 heterocycles. The number of aryl methyl sites for hydroxylation is 1. The fraction of sp³-hybridized carbons (Fsp3) is 0.333. The van der Waals surface area contributed by atoms with Crippen molar-refractivity contribution in [1.82, 2.24) is 5.32 Å². The average molecular weight is 269 g/mol. The molecular weight excluding hydrogens is 246 g/mol. The van der Waals surface area contributed by atoms with E-state index in [1.807, 2.05) is 18.2 Å². The summed E-state index contributed by atoms with van der Waals surface area (Å²) >= 11 is 0. The van der Waals surface area contributed by atoms with Gasteiger partial charge in [0.2, 0.25) is 0 Å². The topological polar surface area (TPSA) is 32.3 Å². The first kappa shape index (κ1) is 14.6. The summed E-state index contributed by atoms with van der Waals surface area (Å²) < 4.78 is 0. The summed E-state index contributed by atoms with van der Waals surface area (Å²) in [7, 11) is 0. The van der Waals surface area contributed by atoms with Crippen LogP contribution in [0, 0.1) is 0 Å². The van der Waals surface area contributed by atoms with Crippen LogP contribution in [0.2, 0.25) is 0 Å². The van der Waals surface area contributed by atoms with Crippen molar-refractivity contribution in [2.75, 3.05) is 0 Å². The molecule has 0 bridgehead atoms. The van der Waals surface area contributed by atoms with Crippen molar-refractivity contribution < 1.29 is 5.11 Å². The first-order valence-corrected chi connectivity index (χ1v) is 7.24. The molecule has 106 valence electrons. The van der Waals surface area contributed by atoms with E-state index in [0.29, 0.717) is 17.8 Å². The van der Waals surface area contributed by atoms with Crippen molar-refractivity contribution in [2.45, 2.75) is 38.8 Å². The SMILES string of the molecule is C[C@H](CCc1ccc(O)cc1)N[C@@H](C)c1ccccc1. The molecule has 2 atom stereocenters. The molecule has 2 nitrogen and oxygen atoms in total. The molecule has 0 spiro atoms. The maximum atomic E-state index is 9.27. The third-order valence-corrected chi connectivity index (χ3v) is 3.64. The van der Waals surface area contributed by atoms with Gasteiger partial charge in [0.15, 0.2) is 0 Å². The Kier molecular flexibility index (Phi) is 5.19. The second kappa shape index (κ2) is 7.11. The lowest BCUT2D eigenvalue weighted by atomic mass is 10.0. The Bertz CT molecular complexity index is 507. The summed E-state index contributed by atoms with van der Waals surface area (Å²) in [6.07, 6.45) is 2.11. The van der Waals surface area contributed by atoms with E-state index in [-0.39, 0.29) is 0 Å². The highest BCUT2D eigenvalue weighted by Gasteiger charge is 2.09. The van der Waals surface area contributed by atoms with Crippen LogP contribution in [0.4, 0.5) is 0 Å². The molecule has 2 N–H and O–H groups in total. The predicted octanol–water partition coefficient (Wildman–Crippen LogP) is 4.06. The molecule has 0 saturated heterocycles. The van der Waals surface area contributed by atoms with Gasteiger partial charge < -0.3 is 10.4 Å². The molecule has 0 radical (unpaired) electrons. The van der Waals surface area contributed by atoms with E-state index >= 15 is 0 Å². The Morgan fingerprint density at radius 1 is 0.950 bits per heavy atom. The molecule has 20 heavy (non-hydrogen) atoms. The average Bonchev–Trinajstić information content (AvgIpc) is 2.47. The van der Waals surface area contributed by atoms with Gasteiger partial charge in [0.05, 0.1) is 0 Å². The van der Waals surface area contributed by atoms with Crippen molar-refractivity contribution in [1.29, 1.82) is 0 Å². The van der Waals surface area contributed by atoms with Gasteiger partial charge in [0.25, 0.3) is 0 Å². The van der Waals surface area contributed by atoms with E-state index in [2.05, 4.69) is 43.4 Å². The molecule has 0 aliphatic carbocycles. The van der Waals surface area contributed by atoms with Crippen LogP contribution in [-0.2, 0) is 6.42 Å². The predicted molar refractivity (Wildman–Crippen MR) is 83.9 cm³/mol. The summed E-state index contributed by atoms with van der Waals surface area (Å²) in [4.78, 5) is 0. The van der Waals surface area contributed by atoms with Gasteiger partial charge in [-0.2, -0.15) is 0 Å². The molecule has 0 aliphatic rings. The lowest BCUT2D eigenvalue weighted by Crippen LogP contribution is -2.29. The van der Waals surface area contributed by atoms with Gasteiger partial charge in [0, 0.05) is 12.1 Å². The molecule has 0 saturated carbocycles. The van der Waals surface area contributed by atoms with Crippen molar-refractivity contribution in [3.05, 3.63) is 65.7 Å². The molecular formula is C18H23NO. The van der Waals surface area contributed by atoms with Crippen LogP contribution in [0.1, 0.15) is 37.4 Å². The van der Waals surface area contributed by atoms with Crippen molar-refractivity contribution in [3.8, 4) is 5.75 Å². The zero-order valence-electron chi connectivity index (χ0n) is 12.2. The number of aromatic hydroxyl groups is 1. The largest absolute Gasteiger partial charge is 0.508 e. The molecule has 0 unspecified atom stereocenters. The first-order valence-electron chi connectivity index (χ1n) is 7.24. The zero-order chi connectivity index (χ0) is 14.4. The number of phenolic OH excluding ortho intramolecular Hbond substituents is 1. The molecule has 2 heteroatoms. The fourth-order valence-electron chi connectivity index (χ4n) is 2.39. The summed E-state index contributed by atoms with van der Waals surface area (Å²) in [6.45, 7) is 4.42. The quantitative estimate of drug-likeness (QED) is 0.828. The number of rotatable bonds is 6. The maximum absolute atomic E-state index is 9.27. The minimum atomic E-state index is 0.331. The molecule has 2 rings (SSSR count). The summed E-state index contributed by atoms with van der Waals surface area (Å²) in [5, 5.41) is 12.9. The van der Waals surface area contributed by atoms with Crippen molar-refractivity contribution in [3.63, 3.8) is 0 Å². The Morgan fingerprint density at radius 3 is 2.25 bits per heavy atom. The van der Waals surface area contributed by atoms with Gasteiger partial charge in [-0.15, -0.1) is 0 Å². The fourth-order valence-corrected chi connectivity index (χ4v) is 2.39. The second-order valence-electron chi connectivity index (χ2n) is 5.41. The number of phenols is 1. The Hall–Kier alpha value is -1.80. The first-order chi connectivity index (χ1) is 9.65. The van der Waals surface area contributed by atoms with Gasteiger partial charge in [-0.3, -0.25) is 0 Å². The van der Waals surface area contributed by atoms with Gasteiger partial charge in [0.1, 0.15) is 5.75 Å². The lowest BCUT2D eigenvalue weighted by Gasteiger charge is -2.20. The van der Waals surface area contributed by atoms with Crippen LogP contribution in [0.25, 0.3) is 0 Å². The number of hydrogen-bond donors (Lipinski definition) is 2. The monoisotopic (exact) mass is 269 g/mol. The van der Waals surface area contributed by atoms with Crippen molar-refractivity contribution in [2.24, 2.45) is 0 Å². The normalized spacial score (nSPS) is 13.9. The number of nitrogens with one attached hydrogen (secondary N) is 1. The van der Waals surface area contributed by atoms with Crippen LogP contribution < -0.4 is 5.32 Å². The third-order valence-electron chi connectivity index (χ3n) is 3.64. The van der Waals surface area contributed by atoms with Crippen molar-refractivity contribution >= 4 is 0 Å². The highest BCUT2D eigenvalue weighted by Crippen LogP contribution is 2.15. The van der Waals surface area contributed by atoms with Crippen LogP contribution in [0.3, 0.4) is 0 Å². The van der Waals surface area contributed by atoms with Gasteiger partial charge in [-0.1, -0.05) is 42.5 Å². The lowest BCUT2D eigenvalue weighted by molar-refractivity contribution is 0.456. The standard InChI is InChI=1S/C18H23NO/c1-14(8-9-16-10-12-18(20)13-11-16)19-15(2)17-6-4-3-5-7-17/h3-7,10-15,19-20H,8-9H2,1-2H3/t14-,15+/m1/s1. The maximum Gasteiger partial charge on any atom is 0.115 e. The van der Waals surface area contributed by atoms with Crippen LogP contribution in [0.5, 0.6) is 5.75 Å². The van der Waals surface area contributed by atoms with E-state index in [1.54, 1.807) is 12.1 Å². The van der Waals surface area contributed by atoms with E-state index < -0.39 is 0 Å². The molecule has 2 aromatic carbocycles. The van der Waals surface area contributed by atoms with Gasteiger partial charge in [-0.25, -0.2) is 0 Å². The summed E-state index contributed by atoms with van der Waals surface area (Å²) in [6, 6.07) is 18.8.